The summed E-state index contributed by atoms with van der Waals surface area (Å²) in [5, 5.41) is 23.1. The molecule has 0 aromatic rings. The number of aliphatic hydroxyl groups is 2. The van der Waals surface area contributed by atoms with Crippen molar-refractivity contribution < 1.29 is 24.5 Å². The minimum absolute atomic E-state index is 0.0146. The van der Waals surface area contributed by atoms with Crippen LogP contribution in [0.25, 0.3) is 0 Å². The highest BCUT2D eigenvalue weighted by Gasteiger charge is 2.18. The number of amides is 1. The van der Waals surface area contributed by atoms with Crippen LogP contribution in [0.5, 0.6) is 0 Å². The van der Waals surface area contributed by atoms with Crippen LogP contribution in [0.2, 0.25) is 0 Å². The molecule has 0 bridgehead atoms. The molecule has 0 fully saturated rings. The number of esters is 1. The van der Waals surface area contributed by atoms with E-state index in [1.54, 1.807) is 6.08 Å². The van der Waals surface area contributed by atoms with E-state index in [1.165, 1.54) is 308 Å². The van der Waals surface area contributed by atoms with Gasteiger partial charge in [0.05, 0.1) is 25.4 Å². The van der Waals surface area contributed by atoms with E-state index in [2.05, 4.69) is 43.5 Å². The van der Waals surface area contributed by atoms with Crippen LogP contribution in [0.1, 0.15) is 373 Å². The third-order valence-corrected chi connectivity index (χ3v) is 15.9. The number of carbonyl (C=O) groups is 2. The second kappa shape index (κ2) is 65.6. The Morgan fingerprint density at radius 1 is 0.355 bits per heavy atom. The van der Waals surface area contributed by atoms with E-state index in [0.717, 1.165) is 38.5 Å². The maximum Gasteiger partial charge on any atom is 0.305 e. The lowest BCUT2D eigenvalue weighted by Crippen LogP contribution is -2.45. The van der Waals surface area contributed by atoms with Gasteiger partial charge in [-0.15, -0.1) is 0 Å². The number of unbranched alkanes of at least 4 members (excludes halogenated alkanes) is 49. The quantitative estimate of drug-likeness (QED) is 0.0320. The molecule has 2 unspecified atom stereocenters. The second-order valence-electron chi connectivity index (χ2n) is 23.5. The summed E-state index contributed by atoms with van der Waals surface area (Å²) >= 11 is 0. The molecule has 0 saturated carbocycles. The molecule has 0 aliphatic rings. The molecule has 2 atom stereocenters. The van der Waals surface area contributed by atoms with Crippen LogP contribution in [0.3, 0.4) is 0 Å². The number of carbonyl (C=O) groups excluding carboxylic acids is 2. The first-order valence-electron chi connectivity index (χ1n) is 34.3. The van der Waals surface area contributed by atoms with Gasteiger partial charge in [-0.2, -0.15) is 0 Å². The second-order valence-corrected chi connectivity index (χ2v) is 23.5. The van der Waals surface area contributed by atoms with E-state index in [4.69, 9.17) is 4.74 Å². The van der Waals surface area contributed by atoms with Gasteiger partial charge < -0.3 is 20.3 Å². The molecule has 6 nitrogen and oxygen atoms in total. The standard InChI is InChI=1S/C70H133NO5/c1-3-5-7-9-11-13-15-17-18-19-29-33-36-40-44-48-52-56-60-64-70(75)76-65-61-57-53-49-45-41-37-34-31-28-26-24-22-20-21-23-25-27-30-32-35-39-43-47-51-55-59-63-69(74)71-67(66-72)68(73)62-58-54-50-46-42-38-16-14-12-10-8-6-4-2/h17-18,20-21,58,62,67-68,72-73H,3-16,19,22-57,59-61,63-66H2,1-2H3,(H,71,74)/b18-17-,21-20-,62-58+. The summed E-state index contributed by atoms with van der Waals surface area (Å²) in [6.07, 6.45) is 83.6. The fourth-order valence-electron chi connectivity index (χ4n) is 10.6. The minimum Gasteiger partial charge on any atom is -0.466 e. The summed E-state index contributed by atoms with van der Waals surface area (Å²) in [7, 11) is 0. The van der Waals surface area contributed by atoms with Crippen molar-refractivity contribution in [2.24, 2.45) is 0 Å². The highest BCUT2D eigenvalue weighted by molar-refractivity contribution is 5.76. The lowest BCUT2D eigenvalue weighted by Gasteiger charge is -2.20. The molecule has 0 aliphatic heterocycles. The fraction of sp³-hybridized carbons (Fsp3) is 0.886. The van der Waals surface area contributed by atoms with Gasteiger partial charge in [0.25, 0.3) is 0 Å². The van der Waals surface area contributed by atoms with Gasteiger partial charge in [-0.3, -0.25) is 9.59 Å². The monoisotopic (exact) mass is 1070 g/mol. The summed E-state index contributed by atoms with van der Waals surface area (Å²) in [5.41, 5.74) is 0. The molecule has 0 rings (SSSR count). The van der Waals surface area contributed by atoms with E-state index in [-0.39, 0.29) is 18.5 Å². The SMILES string of the molecule is CCCCCCCC/C=C\CCCCCCCCCCCC(=O)OCCCCCCCCCCCCCC/C=C\CCCCCCCCCCCCCC(=O)NC(CO)C(O)/C=C/CCCCCCCCCCCCC. The minimum atomic E-state index is -0.844. The lowest BCUT2D eigenvalue weighted by molar-refractivity contribution is -0.143. The Bertz CT molecular complexity index is 1230. The van der Waals surface area contributed by atoms with Crippen molar-refractivity contribution in [1.82, 2.24) is 5.32 Å². The molecule has 0 aliphatic carbocycles. The largest absolute Gasteiger partial charge is 0.466 e. The molecule has 0 radical (unpaired) electrons. The average molecular weight is 1070 g/mol. The highest BCUT2D eigenvalue weighted by Crippen LogP contribution is 2.18. The van der Waals surface area contributed by atoms with Gasteiger partial charge in [-0.05, 0) is 83.5 Å². The van der Waals surface area contributed by atoms with Gasteiger partial charge in [0.2, 0.25) is 5.91 Å². The normalized spacial score (nSPS) is 12.7. The molecule has 0 spiro atoms. The van der Waals surface area contributed by atoms with Crippen LogP contribution < -0.4 is 5.32 Å². The number of hydrogen-bond acceptors (Lipinski definition) is 5. The van der Waals surface area contributed by atoms with Gasteiger partial charge in [0, 0.05) is 12.8 Å². The smallest absolute Gasteiger partial charge is 0.305 e. The predicted molar refractivity (Wildman–Crippen MR) is 333 cm³/mol. The zero-order chi connectivity index (χ0) is 55.0. The Kier molecular flexibility index (Phi) is 63.9. The fourth-order valence-corrected chi connectivity index (χ4v) is 10.6. The van der Waals surface area contributed by atoms with Crippen molar-refractivity contribution in [3.05, 3.63) is 36.5 Å². The van der Waals surface area contributed by atoms with Crippen LogP contribution in [0.15, 0.2) is 36.5 Å². The van der Waals surface area contributed by atoms with Gasteiger partial charge >= 0.3 is 5.97 Å². The van der Waals surface area contributed by atoms with Crippen molar-refractivity contribution in [2.75, 3.05) is 13.2 Å². The molecule has 448 valence electrons. The van der Waals surface area contributed by atoms with E-state index in [1.807, 2.05) is 6.08 Å². The molecule has 0 heterocycles. The Labute approximate surface area is 474 Å². The zero-order valence-corrected chi connectivity index (χ0v) is 51.3. The van der Waals surface area contributed by atoms with Gasteiger partial charge in [-0.1, -0.05) is 314 Å². The van der Waals surface area contributed by atoms with Crippen LogP contribution >= 0.6 is 0 Å². The van der Waals surface area contributed by atoms with Gasteiger partial charge in [-0.25, -0.2) is 0 Å². The van der Waals surface area contributed by atoms with Crippen molar-refractivity contribution >= 4 is 11.9 Å². The summed E-state index contributed by atoms with van der Waals surface area (Å²) in [6.45, 7) is 4.92. The number of hydrogen-bond donors (Lipinski definition) is 3. The zero-order valence-electron chi connectivity index (χ0n) is 51.3. The Balaban J connectivity index is 3.37. The molecular formula is C70H133NO5. The predicted octanol–water partition coefficient (Wildman–Crippen LogP) is 21.9. The Morgan fingerprint density at radius 2 is 0.618 bits per heavy atom. The Hall–Kier alpha value is -1.92. The number of rotatable bonds is 64. The molecule has 1 amide bonds. The van der Waals surface area contributed by atoms with Gasteiger partial charge in [0.15, 0.2) is 0 Å². The number of nitrogens with one attached hydrogen (secondary N) is 1. The molecule has 3 N–H and O–H groups in total. The average Bonchev–Trinajstić information content (AvgIpc) is 3.42. The summed E-state index contributed by atoms with van der Waals surface area (Å²) < 4.78 is 5.51. The van der Waals surface area contributed by atoms with Gasteiger partial charge in [0.1, 0.15) is 0 Å². The van der Waals surface area contributed by atoms with Crippen LogP contribution in [0, 0.1) is 0 Å². The number of ether oxygens (including phenoxy) is 1. The molecule has 0 aromatic heterocycles. The van der Waals surface area contributed by atoms with Crippen molar-refractivity contribution in [2.45, 2.75) is 386 Å². The van der Waals surface area contributed by atoms with Crippen LogP contribution in [0.4, 0.5) is 0 Å². The topological polar surface area (TPSA) is 95.9 Å². The van der Waals surface area contributed by atoms with Crippen molar-refractivity contribution in [1.29, 1.82) is 0 Å². The van der Waals surface area contributed by atoms with E-state index in [9.17, 15) is 19.8 Å². The highest BCUT2D eigenvalue weighted by atomic mass is 16.5. The summed E-state index contributed by atoms with van der Waals surface area (Å²) in [6, 6.07) is -0.628. The maximum absolute atomic E-state index is 12.5. The summed E-state index contributed by atoms with van der Waals surface area (Å²) in [4.78, 5) is 24.6. The molecular weight excluding hydrogens is 935 g/mol. The van der Waals surface area contributed by atoms with Crippen molar-refractivity contribution in [3.63, 3.8) is 0 Å². The lowest BCUT2D eigenvalue weighted by atomic mass is 10.0. The molecule has 0 aromatic carbocycles. The number of allylic oxidation sites excluding steroid dienone is 5. The Morgan fingerprint density at radius 3 is 0.934 bits per heavy atom. The van der Waals surface area contributed by atoms with E-state index in [0.29, 0.717) is 19.4 Å². The molecule has 6 heteroatoms. The molecule has 0 saturated heterocycles. The third kappa shape index (κ3) is 61.3. The number of aliphatic hydroxyl groups excluding tert-OH is 2. The first kappa shape index (κ1) is 74.1. The van der Waals surface area contributed by atoms with E-state index >= 15 is 0 Å². The first-order valence-corrected chi connectivity index (χ1v) is 34.3. The first-order chi connectivity index (χ1) is 37.5. The molecule has 76 heavy (non-hydrogen) atoms. The van der Waals surface area contributed by atoms with Crippen LogP contribution in [-0.2, 0) is 14.3 Å². The van der Waals surface area contributed by atoms with Crippen molar-refractivity contribution in [3.8, 4) is 0 Å². The maximum atomic E-state index is 12.5. The summed E-state index contributed by atoms with van der Waals surface area (Å²) in [5.74, 6) is -0.0533. The third-order valence-electron chi connectivity index (χ3n) is 15.9. The van der Waals surface area contributed by atoms with E-state index < -0.39 is 12.1 Å². The van der Waals surface area contributed by atoms with Crippen LogP contribution in [-0.4, -0.2) is 47.4 Å².